The number of hydrogen-bond donors (Lipinski definition) is 6. The molecule has 0 aromatic carbocycles. The first-order chi connectivity index (χ1) is 22.7. The monoisotopic (exact) mass is 684 g/mol. The minimum Gasteiger partial charge on any atom is -0.460 e. The normalized spacial score (nSPS) is 25.9. The SMILES string of the molecule is CCCCC[C@@H]1CC(=O)N[C@H](CO)C(=O)N[C@H](CC(C)C)C(=O)O[C@H](CCCCC)CC(=O)N[C@H](CC(C)C)C(=O)N[C@@H](CO)C(=O)O1. The van der Waals surface area contributed by atoms with Crippen LogP contribution in [-0.4, -0.2) is 95.4 Å². The summed E-state index contributed by atoms with van der Waals surface area (Å²) in [4.78, 5) is 79.5. The van der Waals surface area contributed by atoms with Crippen molar-refractivity contribution in [2.75, 3.05) is 13.2 Å². The molecule has 0 bridgehead atoms. The van der Waals surface area contributed by atoms with Gasteiger partial charge in [-0.3, -0.25) is 19.2 Å². The number of unbranched alkanes of at least 4 members (excludes halogenated alkanes) is 4. The molecule has 6 atom stereocenters. The fraction of sp³-hybridized carbons (Fsp3) is 0.824. The Hall–Kier alpha value is -3.26. The molecule has 0 aromatic heterocycles. The van der Waals surface area contributed by atoms with Crippen LogP contribution in [0.15, 0.2) is 0 Å². The predicted octanol–water partition coefficient (Wildman–Crippen LogP) is 1.78. The number of amides is 4. The Labute approximate surface area is 285 Å². The van der Waals surface area contributed by atoms with E-state index in [9.17, 15) is 39.0 Å². The molecular weight excluding hydrogens is 624 g/mol. The second-order valence-corrected chi connectivity index (χ2v) is 13.5. The molecule has 0 radical (unpaired) electrons. The molecule has 0 unspecified atom stereocenters. The highest BCUT2D eigenvalue weighted by Crippen LogP contribution is 2.17. The third-order valence-corrected chi connectivity index (χ3v) is 7.94. The molecule has 1 heterocycles. The number of nitrogens with one attached hydrogen (secondary N) is 4. The van der Waals surface area contributed by atoms with Crippen LogP contribution in [0.4, 0.5) is 0 Å². The number of esters is 2. The van der Waals surface area contributed by atoms with Crippen molar-refractivity contribution in [3.63, 3.8) is 0 Å². The predicted molar refractivity (Wildman–Crippen MR) is 178 cm³/mol. The zero-order chi connectivity index (χ0) is 36.2. The fourth-order valence-corrected chi connectivity index (χ4v) is 5.37. The topological polar surface area (TPSA) is 209 Å². The lowest BCUT2D eigenvalue weighted by Gasteiger charge is -2.27. The minimum atomic E-state index is -1.47. The first-order valence-electron chi connectivity index (χ1n) is 17.6. The molecule has 0 aliphatic carbocycles. The van der Waals surface area contributed by atoms with Crippen molar-refractivity contribution in [2.45, 2.75) is 155 Å². The van der Waals surface area contributed by atoms with E-state index in [2.05, 4.69) is 21.3 Å². The van der Waals surface area contributed by atoms with Gasteiger partial charge in [0.1, 0.15) is 30.3 Å². The quantitative estimate of drug-likeness (QED) is 0.115. The largest absolute Gasteiger partial charge is 0.460 e. The van der Waals surface area contributed by atoms with Crippen LogP contribution in [-0.2, 0) is 38.2 Å². The summed E-state index contributed by atoms with van der Waals surface area (Å²) >= 11 is 0. The Morgan fingerprint density at radius 1 is 0.583 bits per heavy atom. The highest BCUT2D eigenvalue weighted by atomic mass is 16.6. The number of rotatable bonds is 14. The molecule has 1 saturated heterocycles. The number of aliphatic hydroxyl groups excluding tert-OH is 2. The molecule has 276 valence electrons. The highest BCUT2D eigenvalue weighted by Gasteiger charge is 2.33. The van der Waals surface area contributed by atoms with Crippen molar-refractivity contribution >= 4 is 35.6 Å². The van der Waals surface area contributed by atoms with Gasteiger partial charge >= 0.3 is 11.9 Å². The van der Waals surface area contributed by atoms with Gasteiger partial charge in [0.15, 0.2) is 6.04 Å². The van der Waals surface area contributed by atoms with Crippen LogP contribution in [0, 0.1) is 11.8 Å². The first-order valence-corrected chi connectivity index (χ1v) is 17.6. The molecule has 1 aliphatic rings. The molecule has 0 saturated carbocycles. The number of carbonyl (C=O) groups excluding carboxylic acids is 6. The third-order valence-electron chi connectivity index (χ3n) is 7.94. The Morgan fingerprint density at radius 3 is 1.42 bits per heavy atom. The summed E-state index contributed by atoms with van der Waals surface area (Å²) in [6.45, 7) is 9.87. The molecule has 4 amide bonds. The number of ether oxygens (including phenoxy) is 2. The average Bonchev–Trinajstić information content (AvgIpc) is 3.00. The molecule has 0 aromatic rings. The standard InChI is InChI=1S/C34H60N4O10/c1-7-9-11-13-23-17-29(41)35-25(15-21(3)4)31(43)38-28(20-40)34(46)48-24(14-12-10-8-2)18-30(42)36-27(19-39)32(44)37-26(16-22(5)6)33(45)47-23/h21-28,39-40H,7-20H2,1-6H3,(H,35,41)(H,36,42)(H,37,44)(H,38,43)/t23-,24-,25-,26-,27-,28+/m1/s1. The number of hydrogen-bond acceptors (Lipinski definition) is 10. The van der Waals surface area contributed by atoms with Crippen molar-refractivity contribution in [1.82, 2.24) is 21.3 Å². The minimum absolute atomic E-state index is 0.0334. The van der Waals surface area contributed by atoms with Crippen molar-refractivity contribution in [1.29, 1.82) is 0 Å². The molecule has 48 heavy (non-hydrogen) atoms. The van der Waals surface area contributed by atoms with Crippen molar-refractivity contribution in [3.05, 3.63) is 0 Å². The molecule has 1 aliphatic heterocycles. The van der Waals surface area contributed by atoms with Crippen LogP contribution in [0.5, 0.6) is 0 Å². The van der Waals surface area contributed by atoms with Crippen LogP contribution < -0.4 is 21.3 Å². The van der Waals surface area contributed by atoms with E-state index >= 15 is 0 Å². The summed E-state index contributed by atoms with van der Waals surface area (Å²) in [7, 11) is 0. The number of carbonyl (C=O) groups is 6. The van der Waals surface area contributed by atoms with E-state index in [4.69, 9.17) is 9.47 Å². The van der Waals surface area contributed by atoms with Crippen LogP contribution >= 0.6 is 0 Å². The van der Waals surface area contributed by atoms with Crippen LogP contribution in [0.1, 0.15) is 119 Å². The van der Waals surface area contributed by atoms with E-state index in [1.54, 1.807) is 0 Å². The molecule has 6 N–H and O–H groups in total. The number of aliphatic hydroxyl groups is 2. The van der Waals surface area contributed by atoms with E-state index in [0.717, 1.165) is 25.7 Å². The van der Waals surface area contributed by atoms with Gasteiger partial charge in [-0.1, -0.05) is 67.2 Å². The van der Waals surface area contributed by atoms with Gasteiger partial charge in [0, 0.05) is 0 Å². The van der Waals surface area contributed by atoms with E-state index in [1.807, 2.05) is 41.5 Å². The van der Waals surface area contributed by atoms with Crippen molar-refractivity contribution in [3.8, 4) is 0 Å². The molecule has 14 nitrogen and oxygen atoms in total. The average molecular weight is 685 g/mol. The summed E-state index contributed by atoms with van der Waals surface area (Å²) in [5.41, 5.74) is 0. The fourth-order valence-electron chi connectivity index (χ4n) is 5.37. The van der Waals surface area contributed by atoms with Crippen LogP contribution in [0.2, 0.25) is 0 Å². The maximum atomic E-state index is 13.5. The Balaban J connectivity index is 3.51. The van der Waals surface area contributed by atoms with Gasteiger partial charge in [-0.15, -0.1) is 0 Å². The maximum absolute atomic E-state index is 13.5. The molecule has 1 rings (SSSR count). The zero-order valence-electron chi connectivity index (χ0n) is 29.7. The summed E-state index contributed by atoms with van der Waals surface area (Å²) < 4.78 is 11.4. The number of cyclic esters (lactones) is 2. The van der Waals surface area contributed by atoms with Gasteiger partial charge < -0.3 is 41.0 Å². The third kappa shape index (κ3) is 16.7. The second kappa shape index (κ2) is 23.2. The van der Waals surface area contributed by atoms with Gasteiger partial charge in [-0.25, -0.2) is 9.59 Å². The summed E-state index contributed by atoms with van der Waals surface area (Å²) in [5.74, 6) is -4.53. The van der Waals surface area contributed by atoms with E-state index in [0.29, 0.717) is 25.7 Å². The van der Waals surface area contributed by atoms with Crippen molar-refractivity contribution < 1.29 is 48.5 Å². The Morgan fingerprint density at radius 2 is 0.979 bits per heavy atom. The van der Waals surface area contributed by atoms with Crippen LogP contribution in [0.25, 0.3) is 0 Å². The first kappa shape index (κ1) is 42.8. The van der Waals surface area contributed by atoms with Crippen LogP contribution in [0.3, 0.4) is 0 Å². The maximum Gasteiger partial charge on any atom is 0.331 e. The van der Waals surface area contributed by atoms with Gasteiger partial charge in [0.25, 0.3) is 0 Å². The smallest absolute Gasteiger partial charge is 0.331 e. The van der Waals surface area contributed by atoms with Crippen molar-refractivity contribution in [2.24, 2.45) is 11.8 Å². The summed E-state index contributed by atoms with van der Waals surface area (Å²) in [6, 6.07) is -5.07. The Kier molecular flexibility index (Phi) is 20.6. The lowest BCUT2D eigenvalue weighted by molar-refractivity contribution is -0.156. The lowest BCUT2D eigenvalue weighted by Crippen LogP contribution is -2.55. The summed E-state index contributed by atoms with van der Waals surface area (Å²) in [5, 5.41) is 30.2. The van der Waals surface area contributed by atoms with Gasteiger partial charge in [-0.05, 0) is 50.4 Å². The van der Waals surface area contributed by atoms with E-state index < -0.39 is 85.2 Å². The highest BCUT2D eigenvalue weighted by molar-refractivity contribution is 5.92. The van der Waals surface area contributed by atoms with E-state index in [-0.39, 0.29) is 37.5 Å². The van der Waals surface area contributed by atoms with Gasteiger partial charge in [-0.2, -0.15) is 0 Å². The zero-order valence-corrected chi connectivity index (χ0v) is 29.7. The molecule has 14 heteroatoms. The van der Waals surface area contributed by atoms with Gasteiger partial charge in [0.05, 0.1) is 26.1 Å². The molecular formula is C34H60N4O10. The van der Waals surface area contributed by atoms with Gasteiger partial charge in [0.2, 0.25) is 23.6 Å². The molecule has 1 fully saturated rings. The Bertz CT molecular complexity index is 1040. The summed E-state index contributed by atoms with van der Waals surface area (Å²) in [6.07, 6.45) is 3.30. The molecule has 0 spiro atoms. The van der Waals surface area contributed by atoms with E-state index in [1.165, 1.54) is 0 Å². The lowest BCUT2D eigenvalue weighted by atomic mass is 10.0. The second-order valence-electron chi connectivity index (χ2n) is 13.5.